The average Bonchev–Trinajstić information content (AvgIpc) is 3.84. The van der Waals surface area contributed by atoms with Gasteiger partial charge >= 0.3 is 6.09 Å². The van der Waals surface area contributed by atoms with Crippen molar-refractivity contribution in [3.05, 3.63) is 119 Å². The molecule has 2 aliphatic rings. The molecular formula is C51H63N9O5. The van der Waals surface area contributed by atoms with Crippen LogP contribution in [0.5, 0.6) is 0 Å². The molecule has 2 fully saturated rings. The van der Waals surface area contributed by atoms with E-state index in [1.165, 1.54) is 5.56 Å². The third-order valence-electron chi connectivity index (χ3n) is 12.7. The zero-order valence-corrected chi connectivity index (χ0v) is 38.2. The molecule has 14 heteroatoms. The summed E-state index contributed by atoms with van der Waals surface area (Å²) in [5.74, 6) is -0.112. The number of nitrogens with one attached hydrogen (secondary N) is 5. The minimum absolute atomic E-state index is 0.0476. The first-order valence-electron chi connectivity index (χ1n) is 22.9. The van der Waals surface area contributed by atoms with Crippen molar-refractivity contribution in [2.45, 2.75) is 116 Å². The predicted molar refractivity (Wildman–Crippen MR) is 252 cm³/mol. The molecule has 4 aromatic carbocycles. The smallest absolute Gasteiger partial charge is 0.407 e. The standard InChI is InChI=1S/C51H63N9O5/c1-33-29-40(48(62)53-42-24-26-43(27-25-42)60(5)32-36-9-7-6-8-10-36)21-28-44(33)37-15-11-34(12-16-37)30-45(49(63)54-41-22-19-38(20-23-41)46-56-58-59-57-46)55-47(61)39-17-13-35(14-18-39)31-52-50(64)65-51(2,3)4/h6-12,15-16,19-23,28-29,35,39,42-43,45H,13-14,17-18,24-27,30-32H2,1-5H3,(H,52,64)(H,53,62)(H,54,63)(H,55,61)(H,56,57,58,59)/t35?,39?,42?,43?,45-/m0/s1. The summed E-state index contributed by atoms with van der Waals surface area (Å²) in [5.41, 5.74) is 6.56. The van der Waals surface area contributed by atoms with Crippen LogP contribution in [0.2, 0.25) is 0 Å². The maximum absolute atomic E-state index is 13.9. The molecule has 0 unspecified atom stereocenters. The summed E-state index contributed by atoms with van der Waals surface area (Å²) in [6, 6.07) is 31.3. The Kier molecular flexibility index (Phi) is 15.4. The van der Waals surface area contributed by atoms with Crippen LogP contribution in [0.1, 0.15) is 99.2 Å². The number of aromatic nitrogens is 4. The van der Waals surface area contributed by atoms with Gasteiger partial charge < -0.3 is 26.0 Å². The second-order valence-corrected chi connectivity index (χ2v) is 18.8. The lowest BCUT2D eigenvalue weighted by Crippen LogP contribution is -2.48. The number of tetrazole rings is 1. The highest BCUT2D eigenvalue weighted by atomic mass is 16.6. The molecule has 2 saturated carbocycles. The Morgan fingerprint density at radius 3 is 2.15 bits per heavy atom. The van der Waals surface area contributed by atoms with Gasteiger partial charge in [-0.15, -0.1) is 10.2 Å². The second-order valence-electron chi connectivity index (χ2n) is 18.8. The SMILES string of the molecule is Cc1cc(C(=O)NC2CCC(N(C)Cc3ccccc3)CC2)ccc1-c1ccc(C[C@H](NC(=O)C2CCC(CNC(=O)OC(C)(C)C)CC2)C(=O)Nc2ccc(-c3nn[nH]n3)cc2)cc1. The van der Waals surface area contributed by atoms with Crippen molar-refractivity contribution < 1.29 is 23.9 Å². The molecule has 1 atom stereocenters. The van der Waals surface area contributed by atoms with Crippen LogP contribution in [-0.4, -0.2) is 86.7 Å². The van der Waals surface area contributed by atoms with Crippen molar-refractivity contribution >= 4 is 29.5 Å². The number of rotatable bonds is 15. The van der Waals surface area contributed by atoms with E-state index in [0.717, 1.165) is 72.9 Å². The number of nitrogens with zero attached hydrogens (tertiary/aromatic N) is 4. The Balaban J connectivity index is 0.952. The number of anilines is 1. The summed E-state index contributed by atoms with van der Waals surface area (Å²) in [5, 5.41) is 26.3. The first kappa shape index (κ1) is 46.6. The van der Waals surface area contributed by atoms with Crippen molar-refractivity contribution in [2.24, 2.45) is 11.8 Å². The summed E-state index contributed by atoms with van der Waals surface area (Å²) in [4.78, 5) is 55.8. The molecule has 0 saturated heterocycles. The van der Waals surface area contributed by atoms with E-state index in [-0.39, 0.29) is 42.0 Å². The Morgan fingerprint density at radius 1 is 0.815 bits per heavy atom. The summed E-state index contributed by atoms with van der Waals surface area (Å²) in [6.07, 6.45) is 6.71. The fourth-order valence-corrected chi connectivity index (χ4v) is 9.00. The average molecular weight is 882 g/mol. The van der Waals surface area contributed by atoms with Crippen LogP contribution in [0, 0.1) is 18.8 Å². The van der Waals surface area contributed by atoms with Crippen molar-refractivity contribution in [3.63, 3.8) is 0 Å². The number of benzene rings is 4. The molecule has 4 amide bonds. The first-order chi connectivity index (χ1) is 31.3. The number of aromatic amines is 1. The van der Waals surface area contributed by atoms with E-state index in [9.17, 15) is 19.2 Å². The van der Waals surface area contributed by atoms with Gasteiger partial charge in [-0.05, 0) is 161 Å². The zero-order chi connectivity index (χ0) is 45.9. The highest BCUT2D eigenvalue weighted by Gasteiger charge is 2.31. The number of hydrogen-bond acceptors (Lipinski definition) is 9. The fourth-order valence-electron chi connectivity index (χ4n) is 9.00. The van der Waals surface area contributed by atoms with Gasteiger partial charge in [0.25, 0.3) is 5.91 Å². The van der Waals surface area contributed by atoms with E-state index in [4.69, 9.17) is 4.74 Å². The number of H-pyrrole nitrogens is 1. The lowest BCUT2D eigenvalue weighted by molar-refractivity contribution is -0.130. The molecule has 5 N–H and O–H groups in total. The van der Waals surface area contributed by atoms with Gasteiger partial charge in [0, 0.05) is 54.3 Å². The zero-order valence-electron chi connectivity index (χ0n) is 38.2. The lowest BCUT2D eigenvalue weighted by Gasteiger charge is -2.35. The van der Waals surface area contributed by atoms with E-state index in [2.05, 4.69) is 78.1 Å². The van der Waals surface area contributed by atoms with Crippen LogP contribution in [-0.2, 0) is 27.3 Å². The van der Waals surface area contributed by atoms with Crippen molar-refractivity contribution in [3.8, 4) is 22.5 Å². The molecule has 0 aliphatic heterocycles. The highest BCUT2D eigenvalue weighted by molar-refractivity contribution is 5.98. The summed E-state index contributed by atoms with van der Waals surface area (Å²) in [7, 11) is 2.19. The third-order valence-corrected chi connectivity index (χ3v) is 12.7. The normalized spacial score (nSPS) is 19.2. The topological polar surface area (TPSA) is 183 Å². The van der Waals surface area contributed by atoms with Gasteiger partial charge in [0.15, 0.2) is 0 Å². The maximum atomic E-state index is 13.9. The van der Waals surface area contributed by atoms with Gasteiger partial charge in [-0.1, -0.05) is 60.7 Å². The van der Waals surface area contributed by atoms with E-state index in [1.54, 1.807) is 24.3 Å². The predicted octanol–water partition coefficient (Wildman–Crippen LogP) is 8.01. The molecule has 0 bridgehead atoms. The number of alkyl carbamates (subject to hydrolysis) is 1. The quantitative estimate of drug-likeness (QED) is 0.0696. The van der Waals surface area contributed by atoms with Gasteiger partial charge in [-0.2, -0.15) is 5.21 Å². The molecule has 1 aromatic heterocycles. The Morgan fingerprint density at radius 2 is 1.51 bits per heavy atom. The van der Waals surface area contributed by atoms with Gasteiger partial charge in [-0.3, -0.25) is 19.3 Å². The van der Waals surface area contributed by atoms with E-state index < -0.39 is 17.7 Å². The van der Waals surface area contributed by atoms with E-state index in [1.807, 2.05) is 76.2 Å². The monoisotopic (exact) mass is 881 g/mol. The van der Waals surface area contributed by atoms with Crippen molar-refractivity contribution in [1.82, 2.24) is 41.5 Å². The van der Waals surface area contributed by atoms with Gasteiger partial charge in [0.05, 0.1) is 0 Å². The van der Waals surface area contributed by atoms with Crippen molar-refractivity contribution in [1.29, 1.82) is 0 Å². The number of carbonyl (C=O) groups excluding carboxylic acids is 4. The number of aryl methyl sites for hydroxylation is 1. The first-order valence-corrected chi connectivity index (χ1v) is 22.9. The van der Waals surface area contributed by atoms with Crippen LogP contribution in [0.4, 0.5) is 10.5 Å². The largest absolute Gasteiger partial charge is 0.444 e. The molecule has 14 nitrogen and oxygen atoms in total. The lowest BCUT2D eigenvalue weighted by atomic mass is 9.81. The fraction of sp³-hybridized carbons (Fsp3) is 0.431. The molecule has 7 rings (SSSR count). The Labute approximate surface area is 382 Å². The van der Waals surface area contributed by atoms with Crippen molar-refractivity contribution in [2.75, 3.05) is 18.9 Å². The van der Waals surface area contributed by atoms with E-state index in [0.29, 0.717) is 42.5 Å². The number of ether oxygens (including phenoxy) is 1. The molecule has 0 spiro atoms. The third kappa shape index (κ3) is 13.3. The molecule has 0 radical (unpaired) electrons. The summed E-state index contributed by atoms with van der Waals surface area (Å²) >= 11 is 0. The minimum atomic E-state index is -0.846. The number of amides is 4. The Hall–Kier alpha value is -6.41. The van der Waals surface area contributed by atoms with Gasteiger partial charge in [0.1, 0.15) is 11.6 Å². The molecule has 342 valence electrons. The van der Waals surface area contributed by atoms with Crippen LogP contribution >= 0.6 is 0 Å². The molecule has 5 aromatic rings. The summed E-state index contributed by atoms with van der Waals surface area (Å²) in [6.45, 7) is 8.92. The maximum Gasteiger partial charge on any atom is 0.407 e. The minimum Gasteiger partial charge on any atom is -0.444 e. The number of carbonyl (C=O) groups is 4. The van der Waals surface area contributed by atoms with Crippen LogP contribution in [0.15, 0.2) is 97.1 Å². The van der Waals surface area contributed by atoms with Crippen LogP contribution in [0.3, 0.4) is 0 Å². The molecular weight excluding hydrogens is 819 g/mol. The molecule has 65 heavy (non-hydrogen) atoms. The van der Waals surface area contributed by atoms with E-state index >= 15 is 0 Å². The van der Waals surface area contributed by atoms with Crippen LogP contribution in [0.25, 0.3) is 22.5 Å². The van der Waals surface area contributed by atoms with Crippen LogP contribution < -0.4 is 21.3 Å². The van der Waals surface area contributed by atoms with Gasteiger partial charge in [0.2, 0.25) is 17.6 Å². The summed E-state index contributed by atoms with van der Waals surface area (Å²) < 4.78 is 5.38. The highest BCUT2D eigenvalue weighted by Crippen LogP contribution is 2.30. The molecule has 2 aliphatic carbocycles. The molecule has 1 heterocycles. The Bertz CT molecular complexity index is 2350. The number of hydrogen-bond donors (Lipinski definition) is 5. The second kappa shape index (κ2) is 21.5. The van der Waals surface area contributed by atoms with Gasteiger partial charge in [-0.25, -0.2) is 4.79 Å².